The molecule has 0 aliphatic heterocycles. The van der Waals surface area contributed by atoms with E-state index in [1.54, 1.807) is 55.5 Å². The van der Waals surface area contributed by atoms with Gasteiger partial charge in [-0.05, 0) is 76.9 Å². The predicted octanol–water partition coefficient (Wildman–Crippen LogP) is 4.75. The summed E-state index contributed by atoms with van der Waals surface area (Å²) < 4.78 is 28.8. The van der Waals surface area contributed by atoms with E-state index in [1.165, 1.54) is 4.90 Å². The van der Waals surface area contributed by atoms with Gasteiger partial charge in [0.2, 0.25) is 11.8 Å². The lowest BCUT2D eigenvalue weighted by Gasteiger charge is -2.32. The maximum atomic E-state index is 13.9. The van der Waals surface area contributed by atoms with Crippen molar-refractivity contribution in [2.24, 2.45) is 0 Å². The summed E-state index contributed by atoms with van der Waals surface area (Å²) >= 11 is 0. The van der Waals surface area contributed by atoms with Crippen molar-refractivity contribution >= 4 is 27.5 Å². The summed E-state index contributed by atoms with van der Waals surface area (Å²) in [6, 6.07) is 20.2. The Labute approximate surface area is 226 Å². The van der Waals surface area contributed by atoms with Crippen LogP contribution in [-0.4, -0.2) is 43.8 Å². The molecule has 0 spiro atoms. The van der Waals surface area contributed by atoms with Crippen molar-refractivity contribution in [3.05, 3.63) is 95.1 Å². The largest absolute Gasteiger partial charge is 0.352 e. The number of hydrogen-bond donors (Lipinski definition) is 1. The monoisotopic (exact) mass is 535 g/mol. The predicted molar refractivity (Wildman–Crippen MR) is 151 cm³/mol. The molecule has 3 rings (SSSR count). The van der Waals surface area contributed by atoms with Crippen LogP contribution in [0.5, 0.6) is 0 Å². The first-order valence-electron chi connectivity index (χ1n) is 12.7. The molecule has 0 bridgehead atoms. The van der Waals surface area contributed by atoms with Gasteiger partial charge in [0, 0.05) is 12.6 Å². The molecule has 3 aromatic rings. The zero-order valence-electron chi connectivity index (χ0n) is 22.9. The second-order valence-electron chi connectivity index (χ2n) is 9.95. The zero-order valence-corrected chi connectivity index (χ0v) is 23.7. The van der Waals surface area contributed by atoms with E-state index in [9.17, 15) is 18.0 Å². The average molecular weight is 536 g/mol. The van der Waals surface area contributed by atoms with Gasteiger partial charge in [-0.3, -0.25) is 13.9 Å². The minimum Gasteiger partial charge on any atom is -0.352 e. The Morgan fingerprint density at radius 2 is 1.37 bits per heavy atom. The molecule has 2 amide bonds. The summed E-state index contributed by atoms with van der Waals surface area (Å²) in [6.07, 6.45) is 0. The lowest BCUT2D eigenvalue weighted by Crippen LogP contribution is -2.52. The van der Waals surface area contributed by atoms with Gasteiger partial charge in [-0.2, -0.15) is 0 Å². The first kappa shape index (κ1) is 28.9. The number of hydrogen-bond acceptors (Lipinski definition) is 4. The molecule has 0 fully saturated rings. The van der Waals surface area contributed by atoms with Crippen molar-refractivity contribution in [3.8, 4) is 0 Å². The summed E-state index contributed by atoms with van der Waals surface area (Å²) in [7, 11) is -4.07. The van der Waals surface area contributed by atoms with Crippen LogP contribution in [0.4, 0.5) is 5.69 Å². The average Bonchev–Trinajstić information content (AvgIpc) is 2.86. The maximum Gasteiger partial charge on any atom is 0.264 e. The molecule has 7 nitrogen and oxygen atoms in total. The molecule has 1 atom stereocenters. The Hall–Kier alpha value is -3.65. The van der Waals surface area contributed by atoms with Crippen LogP contribution in [0.1, 0.15) is 43.0 Å². The van der Waals surface area contributed by atoms with Gasteiger partial charge in [0.1, 0.15) is 12.6 Å². The Bertz CT molecular complexity index is 1370. The minimum atomic E-state index is -4.07. The molecule has 8 heteroatoms. The van der Waals surface area contributed by atoms with Crippen molar-refractivity contribution in [2.45, 2.75) is 65.1 Å². The van der Waals surface area contributed by atoms with E-state index in [1.807, 2.05) is 58.9 Å². The summed E-state index contributed by atoms with van der Waals surface area (Å²) in [5.74, 6) is -0.777. The highest BCUT2D eigenvalue weighted by Gasteiger charge is 2.32. The quantitative estimate of drug-likeness (QED) is 0.406. The van der Waals surface area contributed by atoms with E-state index in [4.69, 9.17) is 0 Å². The molecule has 38 heavy (non-hydrogen) atoms. The van der Waals surface area contributed by atoms with E-state index in [-0.39, 0.29) is 23.4 Å². The Balaban J connectivity index is 2.03. The lowest BCUT2D eigenvalue weighted by atomic mass is 10.1. The van der Waals surface area contributed by atoms with Crippen molar-refractivity contribution in [2.75, 3.05) is 10.8 Å². The first-order valence-corrected chi connectivity index (χ1v) is 14.1. The number of rotatable bonds is 10. The zero-order chi connectivity index (χ0) is 28.0. The third kappa shape index (κ3) is 7.01. The van der Waals surface area contributed by atoms with Crippen LogP contribution in [0, 0.1) is 20.8 Å². The number of carbonyl (C=O) groups is 2. The van der Waals surface area contributed by atoms with Crippen molar-refractivity contribution < 1.29 is 18.0 Å². The van der Waals surface area contributed by atoms with Crippen LogP contribution < -0.4 is 9.62 Å². The molecule has 0 heterocycles. The van der Waals surface area contributed by atoms with Crippen LogP contribution in [-0.2, 0) is 26.2 Å². The van der Waals surface area contributed by atoms with E-state index in [0.717, 1.165) is 26.6 Å². The standard InChI is InChI=1S/C30H37N3O4S/c1-21(2)31-30(35)25(6)32(19-26-10-8-7-9-24(26)5)29(34)20-33(27-15-11-22(3)12-16-27)38(36,37)28-17-13-23(4)14-18-28/h7-18,21,25H,19-20H2,1-6H3,(H,31,35). The first-order chi connectivity index (χ1) is 17.9. The summed E-state index contributed by atoms with van der Waals surface area (Å²) in [4.78, 5) is 28.4. The second kappa shape index (κ2) is 12.3. The molecule has 0 aliphatic rings. The third-order valence-corrected chi connectivity index (χ3v) is 8.20. The molecular formula is C30H37N3O4S. The van der Waals surface area contributed by atoms with Gasteiger partial charge in [0.25, 0.3) is 10.0 Å². The minimum absolute atomic E-state index is 0.0903. The summed E-state index contributed by atoms with van der Waals surface area (Å²) in [5, 5.41) is 2.87. The number of nitrogens with one attached hydrogen (secondary N) is 1. The number of sulfonamides is 1. The normalized spacial score (nSPS) is 12.2. The van der Waals surface area contributed by atoms with Crippen LogP contribution in [0.3, 0.4) is 0 Å². The van der Waals surface area contributed by atoms with E-state index < -0.39 is 28.5 Å². The Morgan fingerprint density at radius 1 is 0.816 bits per heavy atom. The second-order valence-corrected chi connectivity index (χ2v) is 11.8. The van der Waals surface area contributed by atoms with Gasteiger partial charge in [0.05, 0.1) is 10.6 Å². The highest BCUT2D eigenvalue weighted by molar-refractivity contribution is 7.92. The fraction of sp³-hybridized carbons (Fsp3) is 0.333. The number of carbonyl (C=O) groups excluding carboxylic acids is 2. The highest BCUT2D eigenvalue weighted by atomic mass is 32.2. The van der Waals surface area contributed by atoms with Crippen molar-refractivity contribution in [1.82, 2.24) is 10.2 Å². The lowest BCUT2D eigenvalue weighted by molar-refractivity contribution is -0.139. The SMILES string of the molecule is Cc1ccc(N(CC(=O)N(Cc2ccccc2C)C(C)C(=O)NC(C)C)S(=O)(=O)c2ccc(C)cc2)cc1. The fourth-order valence-corrected chi connectivity index (χ4v) is 5.45. The van der Waals surface area contributed by atoms with Gasteiger partial charge in [-0.15, -0.1) is 0 Å². The van der Waals surface area contributed by atoms with Gasteiger partial charge in [-0.1, -0.05) is 59.7 Å². The van der Waals surface area contributed by atoms with Gasteiger partial charge < -0.3 is 10.2 Å². The van der Waals surface area contributed by atoms with Crippen LogP contribution in [0.2, 0.25) is 0 Å². The molecule has 0 aliphatic carbocycles. The summed E-state index contributed by atoms with van der Waals surface area (Å²) in [6.45, 7) is 10.8. The van der Waals surface area contributed by atoms with Crippen molar-refractivity contribution in [3.63, 3.8) is 0 Å². The number of aryl methyl sites for hydroxylation is 3. The molecule has 0 saturated heterocycles. The van der Waals surface area contributed by atoms with Gasteiger partial charge in [-0.25, -0.2) is 8.42 Å². The van der Waals surface area contributed by atoms with Crippen LogP contribution >= 0.6 is 0 Å². The molecular weight excluding hydrogens is 498 g/mol. The Morgan fingerprint density at radius 3 is 1.92 bits per heavy atom. The van der Waals surface area contributed by atoms with Crippen LogP contribution in [0.25, 0.3) is 0 Å². The van der Waals surface area contributed by atoms with Crippen molar-refractivity contribution in [1.29, 1.82) is 0 Å². The molecule has 3 aromatic carbocycles. The number of amides is 2. The number of benzene rings is 3. The smallest absolute Gasteiger partial charge is 0.264 e. The van der Waals surface area contributed by atoms with Crippen LogP contribution in [0.15, 0.2) is 77.7 Å². The fourth-order valence-electron chi connectivity index (χ4n) is 4.04. The molecule has 1 unspecified atom stereocenters. The molecule has 0 saturated carbocycles. The maximum absolute atomic E-state index is 13.9. The molecule has 202 valence electrons. The molecule has 0 aromatic heterocycles. The third-order valence-electron chi connectivity index (χ3n) is 6.41. The van der Waals surface area contributed by atoms with E-state index in [2.05, 4.69) is 5.32 Å². The van der Waals surface area contributed by atoms with Gasteiger partial charge in [0.15, 0.2) is 0 Å². The van der Waals surface area contributed by atoms with E-state index in [0.29, 0.717) is 5.69 Å². The molecule has 0 radical (unpaired) electrons. The number of anilines is 1. The summed E-state index contributed by atoms with van der Waals surface area (Å²) in [5.41, 5.74) is 4.13. The molecule has 1 N–H and O–H groups in total. The van der Waals surface area contributed by atoms with Gasteiger partial charge >= 0.3 is 0 Å². The topological polar surface area (TPSA) is 86.8 Å². The number of nitrogens with zero attached hydrogens (tertiary/aromatic N) is 2. The van der Waals surface area contributed by atoms with E-state index >= 15 is 0 Å². The Kier molecular flexibility index (Phi) is 9.33. The highest BCUT2D eigenvalue weighted by Crippen LogP contribution is 2.25.